The summed E-state index contributed by atoms with van der Waals surface area (Å²) < 4.78 is 25.3. The van der Waals surface area contributed by atoms with Crippen LogP contribution in [0.3, 0.4) is 0 Å². The van der Waals surface area contributed by atoms with Crippen LogP contribution in [0.5, 0.6) is 0 Å². The first-order chi connectivity index (χ1) is 12.7. The van der Waals surface area contributed by atoms with Crippen LogP contribution in [-0.2, 0) is 19.4 Å². The molecule has 4 nitrogen and oxygen atoms in total. The lowest BCUT2D eigenvalue weighted by Crippen LogP contribution is -2.07. The number of alkyl halides is 2. The third-order valence-electron chi connectivity index (χ3n) is 4.56. The van der Waals surface area contributed by atoms with Gasteiger partial charge in [0.2, 0.25) is 0 Å². The smallest absolute Gasteiger partial charge is 0.263 e. The Bertz CT molecular complexity index is 896. The van der Waals surface area contributed by atoms with Gasteiger partial charge in [-0.2, -0.15) is 0 Å². The molecule has 0 unspecified atom stereocenters. The molecule has 2 aromatic heterocycles. The Morgan fingerprint density at radius 1 is 0.962 bits per heavy atom. The van der Waals surface area contributed by atoms with Crippen molar-refractivity contribution in [3.63, 3.8) is 0 Å². The van der Waals surface area contributed by atoms with E-state index in [9.17, 15) is 8.78 Å². The second-order valence-corrected chi connectivity index (χ2v) is 6.31. The van der Waals surface area contributed by atoms with Gasteiger partial charge in [-0.3, -0.25) is 4.98 Å². The van der Waals surface area contributed by atoms with Crippen LogP contribution in [0.2, 0.25) is 0 Å². The number of rotatable bonds is 5. The van der Waals surface area contributed by atoms with Crippen molar-refractivity contribution >= 4 is 5.82 Å². The van der Waals surface area contributed by atoms with Crippen LogP contribution in [0, 0.1) is 0 Å². The number of aromatic nitrogens is 3. The monoisotopic (exact) mass is 352 g/mol. The molecule has 3 aromatic rings. The van der Waals surface area contributed by atoms with E-state index < -0.39 is 6.43 Å². The lowest BCUT2D eigenvalue weighted by atomic mass is 10.1. The molecule has 0 amide bonds. The van der Waals surface area contributed by atoms with E-state index in [1.165, 1.54) is 12.1 Å². The normalized spacial score (nSPS) is 13.0. The average molecular weight is 352 g/mol. The van der Waals surface area contributed by atoms with Gasteiger partial charge in [0, 0.05) is 41.3 Å². The zero-order chi connectivity index (χ0) is 17.9. The fraction of sp³-hybridized carbons (Fsp3) is 0.250. The number of hydrogen-bond donors (Lipinski definition) is 1. The van der Waals surface area contributed by atoms with Crippen LogP contribution >= 0.6 is 0 Å². The van der Waals surface area contributed by atoms with E-state index in [1.54, 1.807) is 24.5 Å². The fourth-order valence-corrected chi connectivity index (χ4v) is 3.18. The molecule has 0 radical (unpaired) electrons. The maximum Gasteiger partial charge on any atom is 0.263 e. The summed E-state index contributed by atoms with van der Waals surface area (Å²) in [6.45, 7) is 0.531. The largest absolute Gasteiger partial charge is 0.366 e. The molecule has 4 rings (SSSR count). The van der Waals surface area contributed by atoms with Gasteiger partial charge in [0.05, 0.1) is 0 Å². The second-order valence-electron chi connectivity index (χ2n) is 6.31. The molecule has 2 heterocycles. The Kier molecular flexibility index (Phi) is 4.56. The molecule has 0 spiro atoms. The van der Waals surface area contributed by atoms with Crippen LogP contribution in [0.4, 0.5) is 14.6 Å². The van der Waals surface area contributed by atoms with Crippen molar-refractivity contribution in [1.82, 2.24) is 15.0 Å². The Labute approximate surface area is 150 Å². The first-order valence-corrected chi connectivity index (χ1v) is 8.62. The predicted molar refractivity (Wildman–Crippen MR) is 96.0 cm³/mol. The van der Waals surface area contributed by atoms with Crippen molar-refractivity contribution in [2.75, 3.05) is 5.32 Å². The van der Waals surface area contributed by atoms with Crippen molar-refractivity contribution in [1.29, 1.82) is 0 Å². The summed E-state index contributed by atoms with van der Waals surface area (Å²) >= 11 is 0. The molecule has 1 aliphatic carbocycles. The van der Waals surface area contributed by atoms with Gasteiger partial charge in [0.15, 0.2) is 5.82 Å². The van der Waals surface area contributed by atoms with Crippen molar-refractivity contribution < 1.29 is 8.78 Å². The van der Waals surface area contributed by atoms with Gasteiger partial charge in [-0.1, -0.05) is 24.3 Å². The molecular formula is C20H18F2N4. The van der Waals surface area contributed by atoms with E-state index in [2.05, 4.69) is 10.3 Å². The number of anilines is 1. The molecule has 0 bridgehead atoms. The van der Waals surface area contributed by atoms with Crippen LogP contribution in [0.1, 0.15) is 35.2 Å². The minimum Gasteiger partial charge on any atom is -0.366 e. The number of aryl methyl sites for hydroxylation is 1. The number of benzene rings is 1. The fourth-order valence-electron chi connectivity index (χ4n) is 3.18. The average Bonchev–Trinajstić information content (AvgIpc) is 3.16. The Morgan fingerprint density at radius 3 is 2.46 bits per heavy atom. The number of nitrogens with one attached hydrogen (secondary N) is 1. The molecule has 0 atom stereocenters. The van der Waals surface area contributed by atoms with Gasteiger partial charge < -0.3 is 5.32 Å². The van der Waals surface area contributed by atoms with E-state index in [1.807, 2.05) is 12.1 Å². The maximum atomic E-state index is 12.7. The summed E-state index contributed by atoms with van der Waals surface area (Å²) in [5.41, 5.74) is 4.15. The van der Waals surface area contributed by atoms with Gasteiger partial charge in [-0.25, -0.2) is 18.7 Å². The van der Waals surface area contributed by atoms with Crippen molar-refractivity contribution in [3.05, 3.63) is 71.2 Å². The molecular weight excluding hydrogens is 334 g/mol. The molecule has 0 aliphatic heterocycles. The van der Waals surface area contributed by atoms with Crippen LogP contribution < -0.4 is 5.32 Å². The highest BCUT2D eigenvalue weighted by molar-refractivity contribution is 5.60. The molecule has 1 aliphatic rings. The highest BCUT2D eigenvalue weighted by atomic mass is 19.3. The number of halogens is 2. The van der Waals surface area contributed by atoms with Gasteiger partial charge >= 0.3 is 0 Å². The highest BCUT2D eigenvalue weighted by Gasteiger charge is 2.20. The number of fused-ring (bicyclic) bond motifs is 1. The van der Waals surface area contributed by atoms with E-state index in [0.29, 0.717) is 12.4 Å². The van der Waals surface area contributed by atoms with Crippen LogP contribution in [-0.4, -0.2) is 15.0 Å². The van der Waals surface area contributed by atoms with Gasteiger partial charge in [0.1, 0.15) is 5.82 Å². The quantitative estimate of drug-likeness (QED) is 0.730. The van der Waals surface area contributed by atoms with E-state index in [0.717, 1.165) is 47.5 Å². The molecule has 0 fully saturated rings. The summed E-state index contributed by atoms with van der Waals surface area (Å²) in [6, 6.07) is 10.2. The predicted octanol–water partition coefficient (Wildman–Crippen LogP) is 4.58. The maximum absolute atomic E-state index is 12.7. The lowest BCUT2D eigenvalue weighted by molar-refractivity contribution is 0.151. The minimum atomic E-state index is -2.44. The summed E-state index contributed by atoms with van der Waals surface area (Å²) in [5.74, 6) is 1.51. The Morgan fingerprint density at radius 2 is 1.73 bits per heavy atom. The first-order valence-electron chi connectivity index (χ1n) is 8.62. The van der Waals surface area contributed by atoms with Crippen molar-refractivity contribution in [2.24, 2.45) is 0 Å². The van der Waals surface area contributed by atoms with Crippen LogP contribution in [0.15, 0.2) is 48.8 Å². The lowest BCUT2D eigenvalue weighted by Gasteiger charge is -2.13. The molecule has 1 aromatic carbocycles. The van der Waals surface area contributed by atoms with Crippen molar-refractivity contribution in [3.8, 4) is 11.4 Å². The Balaban J connectivity index is 1.58. The topological polar surface area (TPSA) is 50.7 Å². The summed E-state index contributed by atoms with van der Waals surface area (Å²) in [6.07, 6.45) is 3.99. The molecule has 6 heteroatoms. The molecule has 26 heavy (non-hydrogen) atoms. The van der Waals surface area contributed by atoms with E-state index in [-0.39, 0.29) is 5.56 Å². The molecule has 0 saturated heterocycles. The standard InChI is InChI=1S/C20H18F2N4/c21-18(22)14-6-4-13(5-7-14)12-24-20-16-2-1-3-17(16)25-19(26-20)15-8-10-23-11-9-15/h4-11,18H,1-3,12H2,(H,24,25,26). The third-order valence-corrected chi connectivity index (χ3v) is 4.56. The summed E-state index contributed by atoms with van der Waals surface area (Å²) in [7, 11) is 0. The van der Waals surface area contributed by atoms with Gasteiger partial charge in [-0.15, -0.1) is 0 Å². The highest BCUT2D eigenvalue weighted by Crippen LogP contribution is 2.29. The summed E-state index contributed by atoms with van der Waals surface area (Å²) in [4.78, 5) is 13.5. The Hall–Kier alpha value is -2.89. The van der Waals surface area contributed by atoms with Gasteiger partial charge in [-0.05, 0) is 37.0 Å². The van der Waals surface area contributed by atoms with Crippen LogP contribution in [0.25, 0.3) is 11.4 Å². The molecule has 1 N–H and O–H groups in total. The number of nitrogens with zero attached hydrogens (tertiary/aromatic N) is 3. The van der Waals surface area contributed by atoms with E-state index in [4.69, 9.17) is 9.97 Å². The van der Waals surface area contributed by atoms with Gasteiger partial charge in [0.25, 0.3) is 6.43 Å². The zero-order valence-electron chi connectivity index (χ0n) is 14.1. The SMILES string of the molecule is FC(F)c1ccc(CNc2nc(-c3ccncc3)nc3c2CCC3)cc1. The summed E-state index contributed by atoms with van der Waals surface area (Å²) in [5, 5.41) is 3.37. The number of hydrogen-bond acceptors (Lipinski definition) is 4. The number of pyridine rings is 1. The molecule has 132 valence electrons. The molecule has 0 saturated carbocycles. The first kappa shape index (κ1) is 16.6. The second kappa shape index (κ2) is 7.15. The zero-order valence-corrected chi connectivity index (χ0v) is 14.1. The van der Waals surface area contributed by atoms with Crippen molar-refractivity contribution in [2.45, 2.75) is 32.2 Å². The minimum absolute atomic E-state index is 0.0386. The third kappa shape index (κ3) is 3.40. The van der Waals surface area contributed by atoms with E-state index >= 15 is 0 Å².